The summed E-state index contributed by atoms with van der Waals surface area (Å²) < 4.78 is 8.19. The highest BCUT2D eigenvalue weighted by Crippen LogP contribution is 2.60. The maximum absolute atomic E-state index is 14.8. The number of ether oxygens (including phenoxy) is 1. The number of carbonyl (C=O) groups excluding carboxylic acids is 2. The molecule has 1 spiro atoms. The maximum atomic E-state index is 14.8. The van der Waals surface area contributed by atoms with E-state index in [9.17, 15) is 34.4 Å². The fraction of sp³-hybridized carbons (Fsp3) is 0.400. The Bertz CT molecular complexity index is 2040. The van der Waals surface area contributed by atoms with Crippen molar-refractivity contribution in [1.29, 1.82) is 0 Å². The van der Waals surface area contributed by atoms with E-state index in [2.05, 4.69) is 5.10 Å². The van der Waals surface area contributed by atoms with Gasteiger partial charge in [0.1, 0.15) is 0 Å². The summed E-state index contributed by atoms with van der Waals surface area (Å²) in [6.07, 6.45) is 0.538. The molecule has 3 aromatic carbocycles. The van der Waals surface area contributed by atoms with E-state index in [1.54, 1.807) is 54.4 Å². The van der Waals surface area contributed by atoms with Crippen LogP contribution in [0.2, 0.25) is 18.6 Å². The van der Waals surface area contributed by atoms with Gasteiger partial charge in [-0.05, 0) is 61.8 Å². The number of benzene rings is 3. The number of nitrogens with one attached hydrogen (secondary N) is 1. The summed E-state index contributed by atoms with van der Waals surface area (Å²) in [6, 6.07) is 18.4. The second-order valence-electron chi connectivity index (χ2n) is 13.9. The van der Waals surface area contributed by atoms with E-state index in [-0.39, 0.29) is 42.8 Å². The second kappa shape index (κ2) is 12.1. The highest BCUT2D eigenvalue weighted by atomic mass is 28.4. The molecule has 0 saturated carbocycles. The van der Waals surface area contributed by atoms with Crippen molar-refractivity contribution < 1.29 is 29.2 Å². The number of para-hydroxylation sites is 1. The third-order valence-electron chi connectivity index (χ3n) is 10.6. The van der Waals surface area contributed by atoms with Gasteiger partial charge in [0.2, 0.25) is 5.91 Å². The summed E-state index contributed by atoms with van der Waals surface area (Å²) in [7, 11) is -3.11. The van der Waals surface area contributed by atoms with Crippen LogP contribution in [0.5, 0.6) is 0 Å². The number of hydrogen-bond acceptors (Lipinski definition) is 8. The van der Waals surface area contributed by atoms with Gasteiger partial charge < -0.3 is 24.4 Å². The predicted octanol–water partition coefficient (Wildman–Crippen LogP) is 3.95. The van der Waals surface area contributed by atoms with E-state index >= 15 is 0 Å². The fourth-order valence-electron chi connectivity index (χ4n) is 8.40. The lowest BCUT2D eigenvalue weighted by atomic mass is 9.82. The number of fused-ring (bicyclic) bond motifs is 3. The van der Waals surface area contributed by atoms with Crippen molar-refractivity contribution in [3.63, 3.8) is 0 Å². The van der Waals surface area contributed by atoms with E-state index in [0.717, 1.165) is 6.42 Å². The summed E-state index contributed by atoms with van der Waals surface area (Å²) in [5.41, 5.74) is 0.0775. The van der Waals surface area contributed by atoms with Gasteiger partial charge in [-0.2, -0.15) is 0 Å². The average molecular weight is 686 g/mol. The third kappa shape index (κ3) is 5.30. The molecule has 0 radical (unpaired) electrons. The molecule has 1 aromatic heterocycles. The van der Waals surface area contributed by atoms with E-state index < -0.39 is 42.3 Å². The normalized spacial score (nSPS) is 25.1. The summed E-state index contributed by atoms with van der Waals surface area (Å²) in [5, 5.41) is 25.5. The lowest BCUT2D eigenvalue weighted by molar-refractivity contribution is -0.385. The number of likely N-dealkylation sites (tertiary alicyclic amines) is 1. The van der Waals surface area contributed by atoms with Crippen LogP contribution in [0.4, 0.5) is 11.4 Å². The number of aromatic amines is 1. The van der Waals surface area contributed by atoms with Gasteiger partial charge in [0.25, 0.3) is 17.2 Å². The molecule has 2 fully saturated rings. The van der Waals surface area contributed by atoms with Gasteiger partial charge in [-0.15, -0.1) is 0 Å². The number of rotatable bonds is 8. The molecule has 2 saturated heterocycles. The van der Waals surface area contributed by atoms with Gasteiger partial charge in [0, 0.05) is 35.7 Å². The number of H-pyrrole nitrogens is 1. The van der Waals surface area contributed by atoms with Crippen LogP contribution in [0.3, 0.4) is 0 Å². The van der Waals surface area contributed by atoms with Crippen molar-refractivity contribution in [2.45, 2.75) is 69.1 Å². The van der Waals surface area contributed by atoms with Gasteiger partial charge in [0.15, 0.2) is 13.9 Å². The Morgan fingerprint density at radius 3 is 2.61 bits per heavy atom. The van der Waals surface area contributed by atoms with Crippen LogP contribution in [-0.4, -0.2) is 74.9 Å². The molecule has 3 N–H and O–H groups in total. The molecular formula is C35H39N5O8Si. The fourth-order valence-corrected chi connectivity index (χ4v) is 11.0. The number of carbonyl (C=O) groups is 2. The highest BCUT2D eigenvalue weighted by molar-refractivity contribution is 6.71. The molecule has 5 atom stereocenters. The van der Waals surface area contributed by atoms with Gasteiger partial charge in [-0.25, -0.2) is 4.68 Å². The summed E-state index contributed by atoms with van der Waals surface area (Å²) >= 11 is 0. The largest absolute Gasteiger partial charge is 0.432 e. The standard InChI is InChI=1S/C35H39N5O8Si/c1-21-32(49(2,3)47)30(18-31(42)37-15-7-10-25(37)20-41)48-35(21)27-17-24(40(45)46)13-14-29(27)38(34(35)44)19-22-8-6-9-23(16-22)39-33(43)26-11-4-5-12-28(26)36-39/h4-6,8-9,11-14,16-17,21,25,30,32,36,41,47H,7,10,15,18-20H2,1-3H3/t21-,25-,30+,32-,35+/m0/s1. The van der Waals surface area contributed by atoms with Gasteiger partial charge in [-0.1, -0.05) is 31.2 Å². The topological polar surface area (TPSA) is 171 Å². The number of nitrogens with zero attached hydrogens (tertiary/aromatic N) is 4. The van der Waals surface area contributed by atoms with Crippen LogP contribution in [0.25, 0.3) is 16.6 Å². The number of nitro benzene ring substituents is 1. The molecule has 7 rings (SSSR count). The Morgan fingerprint density at radius 2 is 1.90 bits per heavy atom. The SMILES string of the molecule is C[C@H]1[C@H]([Si](C)(C)O)[C@@H](CC(=O)N2CCC[C@H]2CO)O[C@]12C(=O)N(Cc1cccc(-n3[nH]c4ccccc4c3=O)c1)c1ccc([N+](=O)[O-])cc12. The second-order valence-corrected chi connectivity index (χ2v) is 17.9. The highest BCUT2D eigenvalue weighted by Gasteiger charge is 2.66. The monoisotopic (exact) mass is 685 g/mol. The van der Waals surface area contributed by atoms with E-state index in [1.807, 2.05) is 25.1 Å². The average Bonchev–Trinajstić information content (AvgIpc) is 3.81. The van der Waals surface area contributed by atoms with Gasteiger partial charge in [0.05, 0.1) is 58.9 Å². The Labute approximate surface area is 283 Å². The zero-order valence-electron chi connectivity index (χ0n) is 27.5. The molecule has 2 amide bonds. The number of aliphatic hydroxyl groups excluding tert-OH is 1. The quantitative estimate of drug-likeness (QED) is 0.142. The molecule has 4 heterocycles. The Kier molecular flexibility index (Phi) is 8.09. The molecule has 14 heteroatoms. The molecule has 13 nitrogen and oxygen atoms in total. The van der Waals surface area contributed by atoms with Crippen LogP contribution in [0.1, 0.15) is 37.3 Å². The number of aliphatic hydroxyl groups is 1. The molecule has 0 aliphatic carbocycles. The van der Waals surface area contributed by atoms with Crippen molar-refractivity contribution in [3.8, 4) is 5.69 Å². The molecule has 0 unspecified atom stereocenters. The van der Waals surface area contributed by atoms with Crippen LogP contribution < -0.4 is 10.5 Å². The number of hydrogen-bond donors (Lipinski definition) is 3. The first-order chi connectivity index (χ1) is 23.3. The smallest absolute Gasteiger partial charge is 0.279 e. The van der Waals surface area contributed by atoms with E-state index in [0.29, 0.717) is 46.4 Å². The minimum atomic E-state index is -3.11. The number of nitro groups is 1. The number of aromatic nitrogens is 2. The first-order valence-electron chi connectivity index (χ1n) is 16.6. The lowest BCUT2D eigenvalue weighted by Gasteiger charge is -2.32. The molecule has 0 bridgehead atoms. The van der Waals surface area contributed by atoms with Gasteiger partial charge in [-0.3, -0.25) is 29.6 Å². The maximum Gasteiger partial charge on any atom is 0.279 e. The molecule has 49 heavy (non-hydrogen) atoms. The summed E-state index contributed by atoms with van der Waals surface area (Å²) in [4.78, 5) is 67.9. The van der Waals surface area contributed by atoms with Crippen LogP contribution in [-0.2, 0) is 26.5 Å². The number of amides is 2. The van der Waals surface area contributed by atoms with Crippen molar-refractivity contribution in [2.24, 2.45) is 5.92 Å². The predicted molar refractivity (Wildman–Crippen MR) is 184 cm³/mol. The van der Waals surface area contributed by atoms with Crippen LogP contribution in [0, 0.1) is 16.0 Å². The summed E-state index contributed by atoms with van der Waals surface area (Å²) in [5.74, 6) is -1.28. The zero-order valence-corrected chi connectivity index (χ0v) is 28.5. The molecule has 256 valence electrons. The Balaban J connectivity index is 1.27. The molecule has 4 aromatic rings. The van der Waals surface area contributed by atoms with Crippen LogP contribution in [0.15, 0.2) is 71.5 Å². The van der Waals surface area contributed by atoms with Crippen molar-refractivity contribution in [2.75, 3.05) is 18.1 Å². The summed E-state index contributed by atoms with van der Waals surface area (Å²) in [6.45, 7) is 5.76. The van der Waals surface area contributed by atoms with Crippen LogP contribution >= 0.6 is 0 Å². The van der Waals surface area contributed by atoms with Gasteiger partial charge >= 0.3 is 0 Å². The first-order valence-corrected chi connectivity index (χ1v) is 19.6. The van der Waals surface area contributed by atoms with Crippen molar-refractivity contribution >= 4 is 42.4 Å². The molecule has 3 aliphatic rings. The Hall–Kier alpha value is -4.63. The number of non-ortho nitro benzene ring substituents is 1. The first kappa shape index (κ1) is 32.9. The van der Waals surface area contributed by atoms with E-state index in [4.69, 9.17) is 4.74 Å². The zero-order chi connectivity index (χ0) is 34.8. The molecule has 3 aliphatic heterocycles. The Morgan fingerprint density at radius 1 is 1.12 bits per heavy atom. The minimum absolute atomic E-state index is 0.0739. The molecular weight excluding hydrogens is 646 g/mol. The minimum Gasteiger partial charge on any atom is -0.432 e. The van der Waals surface area contributed by atoms with Crippen molar-refractivity contribution in [1.82, 2.24) is 14.7 Å². The third-order valence-corrected chi connectivity index (χ3v) is 13.1. The number of anilines is 1. The van der Waals surface area contributed by atoms with E-state index in [1.165, 1.54) is 21.7 Å². The van der Waals surface area contributed by atoms with Crippen molar-refractivity contribution in [3.05, 3.63) is 98.3 Å². The lowest BCUT2D eigenvalue weighted by Crippen LogP contribution is -2.46.